The number of aryl methyl sites for hydroxylation is 1. The van der Waals surface area contributed by atoms with Crippen molar-refractivity contribution in [3.8, 4) is 0 Å². The molecule has 2 fully saturated rings. The van der Waals surface area contributed by atoms with Crippen LogP contribution in [-0.2, 0) is 4.74 Å². The summed E-state index contributed by atoms with van der Waals surface area (Å²) in [5, 5.41) is 7.08. The second-order valence-electron chi connectivity index (χ2n) is 8.86. The minimum absolute atomic E-state index is 0. The Kier molecular flexibility index (Phi) is 12.0. The van der Waals surface area contributed by atoms with Crippen molar-refractivity contribution in [3.63, 3.8) is 0 Å². The molecule has 0 saturated carbocycles. The van der Waals surface area contributed by atoms with E-state index in [-0.39, 0.29) is 29.8 Å². The average Bonchev–Trinajstić information content (AvgIpc) is 2.77. The molecule has 0 aromatic heterocycles. The molecule has 0 radical (unpaired) electrons. The number of piperidine rings is 2. The monoisotopic (exact) mass is 561 g/mol. The lowest BCUT2D eigenvalue weighted by Crippen LogP contribution is -2.51. The smallest absolute Gasteiger partial charge is 0.191 e. The highest BCUT2D eigenvalue weighted by Crippen LogP contribution is 2.24. The number of nitrogens with zero attached hydrogens (tertiary/aromatic N) is 3. The normalized spacial score (nSPS) is 20.7. The van der Waals surface area contributed by atoms with Crippen molar-refractivity contribution in [2.24, 2.45) is 10.9 Å². The fourth-order valence-electron chi connectivity index (χ4n) is 4.63. The molecular weight excluding hydrogens is 520 g/mol. The Hall–Kier alpha value is -1.13. The fraction of sp³-hybridized carbons (Fsp3) is 0.708. The number of benzene rings is 1. The van der Waals surface area contributed by atoms with E-state index in [2.05, 4.69) is 27.4 Å². The second kappa shape index (κ2) is 14.2. The van der Waals surface area contributed by atoms with Gasteiger partial charge in [-0.05, 0) is 82.3 Å². The summed E-state index contributed by atoms with van der Waals surface area (Å²) in [6.07, 6.45) is 4.65. The van der Waals surface area contributed by atoms with Crippen LogP contribution in [0.2, 0.25) is 0 Å². The molecule has 0 spiro atoms. The first-order valence-corrected chi connectivity index (χ1v) is 11.9. The number of likely N-dealkylation sites (tertiary alicyclic amines) is 1. The number of methoxy groups -OCH3 is 1. The van der Waals surface area contributed by atoms with Crippen LogP contribution in [0.4, 0.5) is 10.1 Å². The van der Waals surface area contributed by atoms with E-state index in [1.165, 1.54) is 12.8 Å². The van der Waals surface area contributed by atoms with Crippen LogP contribution in [0.1, 0.15) is 38.2 Å². The highest BCUT2D eigenvalue weighted by Gasteiger charge is 2.23. The SMILES string of the molecule is CCNC(=NCC1CCN(CCOC)CC1)NC1CCCN(c2ccc(F)cc2C)C1.I. The Morgan fingerprint density at radius 1 is 1.22 bits per heavy atom. The third kappa shape index (κ3) is 8.33. The fourth-order valence-corrected chi connectivity index (χ4v) is 4.63. The number of hydrogen-bond acceptors (Lipinski definition) is 4. The molecule has 1 atom stereocenters. The number of rotatable bonds is 8. The maximum Gasteiger partial charge on any atom is 0.191 e. The lowest BCUT2D eigenvalue weighted by Gasteiger charge is -2.36. The Balaban J connectivity index is 0.00000363. The quantitative estimate of drug-likeness (QED) is 0.289. The van der Waals surface area contributed by atoms with E-state index in [0.29, 0.717) is 12.0 Å². The zero-order valence-electron chi connectivity index (χ0n) is 19.9. The predicted molar refractivity (Wildman–Crippen MR) is 142 cm³/mol. The van der Waals surface area contributed by atoms with Crippen molar-refractivity contribution in [3.05, 3.63) is 29.6 Å². The van der Waals surface area contributed by atoms with Crippen molar-refractivity contribution in [1.29, 1.82) is 0 Å². The van der Waals surface area contributed by atoms with Gasteiger partial charge in [-0.3, -0.25) is 4.99 Å². The largest absolute Gasteiger partial charge is 0.383 e. The van der Waals surface area contributed by atoms with Crippen LogP contribution in [-0.4, -0.2) is 76.4 Å². The number of anilines is 1. The van der Waals surface area contributed by atoms with Gasteiger partial charge in [-0.15, -0.1) is 24.0 Å². The summed E-state index contributed by atoms with van der Waals surface area (Å²) in [5.74, 6) is 1.41. The lowest BCUT2D eigenvalue weighted by molar-refractivity contribution is 0.121. The van der Waals surface area contributed by atoms with Gasteiger partial charge in [-0.25, -0.2) is 4.39 Å². The first kappa shape index (κ1) is 27.1. The lowest BCUT2D eigenvalue weighted by atomic mass is 9.97. The van der Waals surface area contributed by atoms with E-state index in [9.17, 15) is 4.39 Å². The van der Waals surface area contributed by atoms with Crippen LogP contribution in [0.25, 0.3) is 0 Å². The van der Waals surface area contributed by atoms with Crippen molar-refractivity contribution < 1.29 is 9.13 Å². The van der Waals surface area contributed by atoms with Gasteiger partial charge >= 0.3 is 0 Å². The van der Waals surface area contributed by atoms with Gasteiger partial charge in [0.25, 0.3) is 0 Å². The molecule has 1 aromatic carbocycles. The summed E-state index contributed by atoms with van der Waals surface area (Å²) >= 11 is 0. The molecule has 2 heterocycles. The molecule has 2 saturated heterocycles. The summed E-state index contributed by atoms with van der Waals surface area (Å²) in [4.78, 5) is 9.79. The van der Waals surface area contributed by atoms with Crippen LogP contribution in [0, 0.1) is 18.7 Å². The minimum Gasteiger partial charge on any atom is -0.383 e. The molecule has 1 unspecified atom stereocenters. The van der Waals surface area contributed by atoms with E-state index < -0.39 is 0 Å². The van der Waals surface area contributed by atoms with Crippen LogP contribution < -0.4 is 15.5 Å². The molecule has 6 nitrogen and oxygen atoms in total. The molecule has 0 bridgehead atoms. The van der Waals surface area contributed by atoms with Crippen LogP contribution in [0.3, 0.4) is 0 Å². The number of aliphatic imine (C=N–C) groups is 1. The average molecular weight is 562 g/mol. The molecule has 2 N–H and O–H groups in total. The second-order valence-corrected chi connectivity index (χ2v) is 8.86. The predicted octanol–water partition coefficient (Wildman–Crippen LogP) is 3.63. The molecule has 8 heteroatoms. The Morgan fingerprint density at radius 3 is 2.69 bits per heavy atom. The van der Waals surface area contributed by atoms with Gasteiger partial charge < -0.3 is 25.2 Å². The topological polar surface area (TPSA) is 52.1 Å². The third-order valence-corrected chi connectivity index (χ3v) is 6.43. The molecule has 32 heavy (non-hydrogen) atoms. The van der Waals surface area contributed by atoms with Gasteiger partial charge in [0.15, 0.2) is 5.96 Å². The van der Waals surface area contributed by atoms with Gasteiger partial charge in [0.2, 0.25) is 0 Å². The van der Waals surface area contributed by atoms with Gasteiger partial charge in [0.1, 0.15) is 5.82 Å². The molecule has 1 aromatic rings. The van der Waals surface area contributed by atoms with Crippen molar-refractivity contribution in [1.82, 2.24) is 15.5 Å². The van der Waals surface area contributed by atoms with E-state index in [1.54, 1.807) is 19.2 Å². The maximum absolute atomic E-state index is 13.5. The highest BCUT2D eigenvalue weighted by molar-refractivity contribution is 14.0. The van der Waals surface area contributed by atoms with Gasteiger partial charge in [-0.2, -0.15) is 0 Å². The molecule has 3 rings (SSSR count). The van der Waals surface area contributed by atoms with E-state index in [0.717, 1.165) is 82.5 Å². The molecular formula is C24H41FIN5O. The molecule has 0 aliphatic carbocycles. The molecule has 0 amide bonds. The number of hydrogen-bond donors (Lipinski definition) is 2. The Labute approximate surface area is 210 Å². The summed E-state index contributed by atoms with van der Waals surface area (Å²) in [6.45, 7) is 11.9. The van der Waals surface area contributed by atoms with Crippen molar-refractivity contribution in [2.45, 2.75) is 45.6 Å². The number of ether oxygens (including phenoxy) is 1. The first-order chi connectivity index (χ1) is 15.1. The van der Waals surface area contributed by atoms with Crippen LogP contribution in [0.5, 0.6) is 0 Å². The molecule has 2 aliphatic rings. The summed E-state index contributed by atoms with van der Waals surface area (Å²) < 4.78 is 18.7. The van der Waals surface area contributed by atoms with Crippen molar-refractivity contribution >= 4 is 35.6 Å². The zero-order chi connectivity index (χ0) is 22.1. The number of halogens is 2. The first-order valence-electron chi connectivity index (χ1n) is 11.9. The van der Waals surface area contributed by atoms with Crippen molar-refractivity contribution in [2.75, 3.05) is 64.4 Å². The minimum atomic E-state index is -0.168. The van der Waals surface area contributed by atoms with Crippen LogP contribution >= 0.6 is 24.0 Å². The summed E-state index contributed by atoms with van der Waals surface area (Å²) in [7, 11) is 1.77. The summed E-state index contributed by atoms with van der Waals surface area (Å²) in [5.41, 5.74) is 2.13. The number of nitrogens with one attached hydrogen (secondary N) is 2. The highest BCUT2D eigenvalue weighted by atomic mass is 127. The third-order valence-electron chi connectivity index (χ3n) is 6.43. The Bertz CT molecular complexity index is 712. The van der Waals surface area contributed by atoms with E-state index >= 15 is 0 Å². The van der Waals surface area contributed by atoms with Gasteiger partial charge in [0, 0.05) is 51.6 Å². The maximum atomic E-state index is 13.5. The molecule has 182 valence electrons. The van der Waals surface area contributed by atoms with Crippen LogP contribution in [0.15, 0.2) is 23.2 Å². The van der Waals surface area contributed by atoms with E-state index in [4.69, 9.17) is 9.73 Å². The standard InChI is InChI=1S/C24H40FN5O.HI/c1-4-26-24(27-17-20-9-12-29(13-10-20)14-15-31-3)28-22-6-5-11-30(18-22)23-8-7-21(25)16-19(23)2;/h7-8,16,20,22H,4-6,9-15,17-18H2,1-3H3,(H2,26,27,28);1H. The van der Waals surface area contributed by atoms with Gasteiger partial charge in [-0.1, -0.05) is 0 Å². The zero-order valence-corrected chi connectivity index (χ0v) is 22.2. The summed E-state index contributed by atoms with van der Waals surface area (Å²) in [6, 6.07) is 5.43. The van der Waals surface area contributed by atoms with Gasteiger partial charge in [0.05, 0.1) is 6.61 Å². The van der Waals surface area contributed by atoms with E-state index in [1.807, 2.05) is 13.0 Å². The Morgan fingerprint density at radius 2 is 2.00 bits per heavy atom. The number of guanidine groups is 1. The molecule has 2 aliphatic heterocycles.